The van der Waals surface area contributed by atoms with Crippen molar-refractivity contribution < 1.29 is 28.9 Å². The Morgan fingerprint density at radius 1 is 1.17 bits per heavy atom. The number of amides is 2. The van der Waals surface area contributed by atoms with E-state index in [-0.39, 0.29) is 0 Å². The Morgan fingerprint density at radius 3 is 2.00 bits per heavy atom. The lowest BCUT2D eigenvalue weighted by Crippen LogP contribution is -2.36. The average molecular weight is 260 g/mol. The second-order valence-corrected chi connectivity index (χ2v) is 3.07. The lowest BCUT2D eigenvalue weighted by molar-refractivity contribution is -0.00109. The van der Waals surface area contributed by atoms with Crippen LogP contribution >= 0.6 is 0 Å². The molecule has 0 atom stereocenters. The fourth-order valence-corrected chi connectivity index (χ4v) is 1.05. The molecule has 6 nitrogen and oxygen atoms in total. The Morgan fingerprint density at radius 2 is 1.61 bits per heavy atom. The summed E-state index contributed by atoms with van der Waals surface area (Å²) in [5.41, 5.74) is 5.03. The van der Waals surface area contributed by atoms with Crippen LogP contribution in [-0.4, -0.2) is 25.3 Å². The quantitative estimate of drug-likeness (QED) is 0.825. The molecular formula is C11H13FN2O4. The number of carbonyl (C=O) groups excluding carboxylic acids is 2. The highest BCUT2D eigenvalue weighted by molar-refractivity contribution is 5.65. The molecule has 1 aromatic carbocycles. The molecule has 7 heteroatoms. The minimum absolute atomic E-state index is 0.590. The van der Waals surface area contributed by atoms with Gasteiger partial charge in [0.25, 0.3) is 0 Å². The number of alkyl halides is 1. The average Bonchev–Trinajstić information content (AvgIpc) is 2.35. The Hall–Kier alpha value is -2.31. The molecule has 0 unspecified atom stereocenters. The minimum atomic E-state index is -3.73. The van der Waals surface area contributed by atoms with Crippen molar-refractivity contribution in [3.05, 3.63) is 35.9 Å². The van der Waals surface area contributed by atoms with Gasteiger partial charge in [-0.25, -0.2) is 14.0 Å². The molecule has 0 aliphatic carbocycles. The highest BCUT2D eigenvalue weighted by Crippen LogP contribution is 2.27. The van der Waals surface area contributed by atoms with Crippen molar-refractivity contribution in [2.75, 3.05) is 13.1 Å². The standard InChI is InChI=1S/C11H13FN2O4/c12-11(6-17-9(13)15,7-18-10(14)16)8-4-2-1-3-5-8/h1-5H,6-7H2,(H2,13,15)(H2,14,16)/i6D2,7D2. The van der Waals surface area contributed by atoms with Gasteiger partial charge in [-0.1, -0.05) is 30.3 Å². The van der Waals surface area contributed by atoms with Crippen LogP contribution in [0.25, 0.3) is 0 Å². The van der Waals surface area contributed by atoms with Crippen LogP contribution in [0.1, 0.15) is 11.0 Å². The Bertz CT molecular complexity index is 542. The Labute approximate surface area is 108 Å². The van der Waals surface area contributed by atoms with E-state index in [1.165, 1.54) is 18.2 Å². The number of ether oxygens (including phenoxy) is 2. The lowest BCUT2D eigenvalue weighted by atomic mass is 9.97. The minimum Gasteiger partial charge on any atom is -0.446 e. The van der Waals surface area contributed by atoms with Crippen molar-refractivity contribution in [2.24, 2.45) is 11.5 Å². The van der Waals surface area contributed by atoms with Crippen molar-refractivity contribution in [2.45, 2.75) is 5.67 Å². The van der Waals surface area contributed by atoms with Gasteiger partial charge in [0.15, 0.2) is 0 Å². The molecule has 1 rings (SSSR count). The van der Waals surface area contributed by atoms with E-state index in [4.69, 9.17) is 5.48 Å². The summed E-state index contributed by atoms with van der Waals surface area (Å²) in [7, 11) is 0. The largest absolute Gasteiger partial charge is 0.446 e. The van der Waals surface area contributed by atoms with Crippen molar-refractivity contribution in [3.8, 4) is 0 Å². The number of halogens is 1. The molecule has 4 N–H and O–H groups in total. The molecule has 0 aliphatic rings. The van der Waals surface area contributed by atoms with Crippen LogP contribution in [-0.2, 0) is 15.1 Å². The molecule has 0 radical (unpaired) electrons. The molecule has 18 heavy (non-hydrogen) atoms. The van der Waals surface area contributed by atoms with Gasteiger partial charge in [0.05, 0.1) is 5.48 Å². The zero-order valence-electron chi connectivity index (χ0n) is 13.1. The van der Waals surface area contributed by atoms with Crippen molar-refractivity contribution in [1.82, 2.24) is 0 Å². The molecule has 0 heterocycles. The van der Waals surface area contributed by atoms with E-state index >= 15 is 4.39 Å². The normalized spacial score (nSPS) is 15.6. The molecule has 1 aromatic rings. The van der Waals surface area contributed by atoms with Gasteiger partial charge in [-0.15, -0.1) is 0 Å². The first-order valence-electron chi connectivity index (χ1n) is 6.65. The summed E-state index contributed by atoms with van der Waals surface area (Å²) in [5.74, 6) is 0. The van der Waals surface area contributed by atoms with Crippen molar-refractivity contribution in [1.29, 1.82) is 0 Å². The molecule has 0 bridgehead atoms. The van der Waals surface area contributed by atoms with Crippen LogP contribution in [0.4, 0.5) is 14.0 Å². The van der Waals surface area contributed by atoms with E-state index in [9.17, 15) is 9.59 Å². The van der Waals surface area contributed by atoms with Gasteiger partial charge < -0.3 is 20.9 Å². The number of hydrogen-bond donors (Lipinski definition) is 2. The second-order valence-electron chi connectivity index (χ2n) is 3.07. The van der Waals surface area contributed by atoms with Crippen LogP contribution in [0, 0.1) is 0 Å². The fraction of sp³-hybridized carbons (Fsp3) is 0.273. The molecule has 0 fully saturated rings. The molecule has 0 aromatic heterocycles. The van der Waals surface area contributed by atoms with Gasteiger partial charge in [0.1, 0.15) is 13.1 Å². The smallest absolute Gasteiger partial charge is 0.404 e. The van der Waals surface area contributed by atoms with Gasteiger partial charge in [-0.05, 0) is 5.56 Å². The van der Waals surface area contributed by atoms with Gasteiger partial charge in [0.2, 0.25) is 5.67 Å². The topological polar surface area (TPSA) is 105 Å². The van der Waals surface area contributed by atoms with E-state index in [2.05, 4.69) is 20.9 Å². The number of carbonyl (C=O) groups is 2. The molecule has 2 amide bonds. The zero-order chi connectivity index (χ0) is 17.2. The Balaban J connectivity index is 3.51. The Kier molecular flexibility index (Phi) is 2.84. The number of nitrogens with two attached hydrogens (primary N) is 2. The molecule has 0 spiro atoms. The maximum Gasteiger partial charge on any atom is 0.404 e. The third-order valence-corrected chi connectivity index (χ3v) is 1.76. The number of primary amides is 2. The lowest BCUT2D eigenvalue weighted by Gasteiger charge is -2.24. The van der Waals surface area contributed by atoms with Crippen LogP contribution < -0.4 is 11.5 Å². The summed E-state index contributed by atoms with van der Waals surface area (Å²) < 4.78 is 53.7. The summed E-state index contributed by atoms with van der Waals surface area (Å²) in [6.45, 7) is -7.20. The second kappa shape index (κ2) is 5.85. The highest BCUT2D eigenvalue weighted by Gasteiger charge is 2.35. The number of rotatable bonds is 5. The third kappa shape index (κ3) is 3.93. The SMILES string of the molecule is [2H]C([2H])(OC(N)=O)C(F)(c1ccccc1)C([2H])([2H])OC(N)=O. The summed E-state index contributed by atoms with van der Waals surface area (Å²) in [6, 6.07) is 6.06. The summed E-state index contributed by atoms with van der Waals surface area (Å²) in [6.07, 6.45) is -3.37. The van der Waals surface area contributed by atoms with Crippen LogP contribution in [0.15, 0.2) is 30.3 Å². The molecule has 0 saturated heterocycles. The third-order valence-electron chi connectivity index (χ3n) is 1.76. The zero-order valence-corrected chi connectivity index (χ0v) is 9.05. The molecule has 0 aliphatic heterocycles. The monoisotopic (exact) mass is 260 g/mol. The van der Waals surface area contributed by atoms with Crippen molar-refractivity contribution in [3.63, 3.8) is 0 Å². The summed E-state index contributed by atoms with van der Waals surface area (Å²) in [4.78, 5) is 21.6. The summed E-state index contributed by atoms with van der Waals surface area (Å²) >= 11 is 0. The summed E-state index contributed by atoms with van der Waals surface area (Å²) in [5, 5.41) is 0. The number of hydrogen-bond acceptors (Lipinski definition) is 4. The maximum atomic E-state index is 15.4. The first-order chi connectivity index (χ1) is 9.94. The molecule has 0 saturated carbocycles. The van der Waals surface area contributed by atoms with E-state index in [0.717, 1.165) is 12.1 Å². The van der Waals surface area contributed by atoms with Crippen LogP contribution in [0.5, 0.6) is 0 Å². The van der Waals surface area contributed by atoms with Gasteiger partial charge in [-0.2, -0.15) is 0 Å². The molecular weight excluding hydrogens is 243 g/mol. The fourth-order valence-electron chi connectivity index (χ4n) is 1.05. The van der Waals surface area contributed by atoms with Gasteiger partial charge in [0, 0.05) is 0 Å². The van der Waals surface area contributed by atoms with E-state index < -0.39 is 36.5 Å². The van der Waals surface area contributed by atoms with Gasteiger partial charge >= 0.3 is 12.2 Å². The highest BCUT2D eigenvalue weighted by atomic mass is 19.1. The van der Waals surface area contributed by atoms with Gasteiger partial charge in [-0.3, -0.25) is 0 Å². The number of benzene rings is 1. The maximum absolute atomic E-state index is 15.4. The first-order valence-corrected chi connectivity index (χ1v) is 4.65. The van der Waals surface area contributed by atoms with Crippen LogP contribution in [0.2, 0.25) is 0 Å². The first kappa shape index (κ1) is 8.73. The van der Waals surface area contributed by atoms with E-state index in [1.54, 1.807) is 0 Å². The predicted molar refractivity (Wildman–Crippen MR) is 60.3 cm³/mol. The van der Waals surface area contributed by atoms with Crippen molar-refractivity contribution >= 4 is 12.2 Å². The van der Waals surface area contributed by atoms with E-state index in [1.807, 2.05) is 0 Å². The van der Waals surface area contributed by atoms with E-state index in [0.29, 0.717) is 0 Å². The molecule has 98 valence electrons. The predicted octanol–water partition coefficient (Wildman–Crippen LogP) is 1.04. The van der Waals surface area contributed by atoms with Crippen LogP contribution in [0.3, 0.4) is 0 Å².